The molecule has 0 unspecified atom stereocenters. The van der Waals surface area contributed by atoms with E-state index in [-0.39, 0.29) is 0 Å². The van der Waals surface area contributed by atoms with Crippen molar-refractivity contribution in [2.75, 3.05) is 5.73 Å². The van der Waals surface area contributed by atoms with E-state index >= 15 is 0 Å². The van der Waals surface area contributed by atoms with Gasteiger partial charge >= 0.3 is 0 Å². The Morgan fingerprint density at radius 3 is 2.27 bits per heavy atom. The third-order valence-electron chi connectivity index (χ3n) is 1.82. The first-order valence-corrected chi connectivity index (χ1v) is 4.18. The molecule has 0 atom stereocenters. The summed E-state index contributed by atoms with van der Waals surface area (Å²) >= 11 is 0. The lowest BCUT2D eigenvalue weighted by atomic mass is 10.1. The summed E-state index contributed by atoms with van der Waals surface area (Å²) in [6.07, 6.45) is 0. The molecule has 0 heterocycles. The van der Waals surface area contributed by atoms with Crippen LogP contribution in [-0.4, -0.2) is 10.3 Å². The summed E-state index contributed by atoms with van der Waals surface area (Å²) in [5.41, 5.74) is 6.61. The van der Waals surface area contributed by atoms with Crippen LogP contribution in [0.1, 0.15) is 0 Å². The van der Waals surface area contributed by atoms with E-state index in [1.165, 1.54) is 5.39 Å². The van der Waals surface area contributed by atoms with E-state index in [2.05, 4.69) is 12.1 Å². The number of nitrogen functional groups attached to an aromatic ring is 1. The zero-order valence-corrected chi connectivity index (χ0v) is 7.83. The fourth-order valence-corrected chi connectivity index (χ4v) is 1.25. The van der Waals surface area contributed by atoms with Crippen molar-refractivity contribution in [3.63, 3.8) is 0 Å². The predicted octanol–water partition coefficient (Wildman–Crippen LogP) is 2.07. The van der Waals surface area contributed by atoms with Crippen LogP contribution in [0.5, 0.6) is 0 Å². The maximum Gasteiger partial charge on any atom is 0.291 e. The number of anilines is 1. The second-order valence-electron chi connectivity index (χ2n) is 2.81. The maximum atomic E-state index is 8.36. The van der Waals surface area contributed by atoms with E-state index in [4.69, 9.17) is 21.1 Å². The Labute approximate surface area is 85.9 Å². The molecule has 0 aliphatic heterocycles. The summed E-state index contributed by atoms with van der Waals surface area (Å²) in [7, 11) is 0. The minimum Gasteiger partial charge on any atom is -0.398 e. The Bertz CT molecular complexity index is 462. The molecule has 0 amide bonds. The van der Waals surface area contributed by atoms with Crippen molar-refractivity contribution >= 4 is 16.5 Å². The van der Waals surface area contributed by atoms with Crippen LogP contribution in [-0.2, 0) is 0 Å². The zero-order valence-electron chi connectivity index (χ0n) is 7.83. The van der Waals surface area contributed by atoms with E-state index in [1.54, 1.807) is 0 Å². The van der Waals surface area contributed by atoms with Gasteiger partial charge in [-0.1, -0.05) is 36.4 Å². The lowest BCUT2D eigenvalue weighted by Gasteiger charge is -1.98. The first-order valence-electron chi connectivity index (χ1n) is 4.18. The highest BCUT2D eigenvalue weighted by molar-refractivity contribution is 5.92. The smallest absolute Gasteiger partial charge is 0.291 e. The number of fused-ring (bicyclic) bond motifs is 1. The molecule has 0 aromatic heterocycles. The first-order chi connectivity index (χ1) is 7.11. The standard InChI is InChI=1S/C10H9N.HNO3/c11-10-7-3-5-8-4-1-2-6-9(8)10;2-1(3)4/h1-7H,11H2;(H,2,3,4). The summed E-state index contributed by atoms with van der Waals surface area (Å²) in [4.78, 5) is 8.36. The molecule has 5 nitrogen and oxygen atoms in total. The number of rotatable bonds is 0. The fraction of sp³-hybridized carbons (Fsp3) is 0. The maximum absolute atomic E-state index is 8.36. The molecule has 2 aromatic rings. The minimum atomic E-state index is -1.50. The normalized spacial score (nSPS) is 9.07. The van der Waals surface area contributed by atoms with Gasteiger partial charge in [0.25, 0.3) is 5.09 Å². The summed E-state index contributed by atoms with van der Waals surface area (Å²) in [6, 6.07) is 14.1. The molecule has 15 heavy (non-hydrogen) atoms. The largest absolute Gasteiger partial charge is 0.398 e. The second-order valence-corrected chi connectivity index (χ2v) is 2.81. The molecule has 3 N–H and O–H groups in total. The predicted molar refractivity (Wildman–Crippen MR) is 57.1 cm³/mol. The van der Waals surface area contributed by atoms with Gasteiger partial charge in [0.15, 0.2) is 0 Å². The van der Waals surface area contributed by atoms with Gasteiger partial charge in [0, 0.05) is 11.1 Å². The van der Waals surface area contributed by atoms with Crippen LogP contribution in [0.15, 0.2) is 42.5 Å². The molecule has 0 aliphatic carbocycles. The summed E-state index contributed by atoms with van der Waals surface area (Å²) in [5, 5.41) is 16.0. The molecule has 0 aliphatic rings. The molecule has 0 spiro atoms. The Balaban J connectivity index is 0.000000245. The van der Waals surface area contributed by atoms with E-state index in [0.717, 1.165) is 11.1 Å². The van der Waals surface area contributed by atoms with Crippen molar-refractivity contribution in [2.24, 2.45) is 0 Å². The van der Waals surface area contributed by atoms with E-state index in [1.807, 2.05) is 30.3 Å². The van der Waals surface area contributed by atoms with Crippen LogP contribution in [0.4, 0.5) is 5.69 Å². The van der Waals surface area contributed by atoms with Gasteiger partial charge in [-0.25, -0.2) is 0 Å². The third kappa shape index (κ3) is 3.15. The summed E-state index contributed by atoms with van der Waals surface area (Å²) in [6.45, 7) is 0. The summed E-state index contributed by atoms with van der Waals surface area (Å²) in [5.74, 6) is 0. The molecule has 0 radical (unpaired) electrons. The quantitative estimate of drug-likeness (QED) is 0.392. The van der Waals surface area contributed by atoms with Gasteiger partial charge in [-0.3, -0.25) is 0 Å². The van der Waals surface area contributed by atoms with Gasteiger partial charge < -0.3 is 10.9 Å². The van der Waals surface area contributed by atoms with Crippen LogP contribution in [0.3, 0.4) is 0 Å². The molecular formula is C10H10N2O3. The van der Waals surface area contributed by atoms with Crippen molar-refractivity contribution < 1.29 is 10.3 Å². The van der Waals surface area contributed by atoms with Crippen LogP contribution in [0.2, 0.25) is 0 Å². The Morgan fingerprint density at radius 2 is 1.67 bits per heavy atom. The molecule has 2 rings (SSSR count). The molecular weight excluding hydrogens is 196 g/mol. The lowest BCUT2D eigenvalue weighted by molar-refractivity contribution is -0.742. The lowest BCUT2D eigenvalue weighted by Crippen LogP contribution is -1.84. The van der Waals surface area contributed by atoms with Crippen molar-refractivity contribution in [2.45, 2.75) is 0 Å². The molecule has 0 bridgehead atoms. The van der Waals surface area contributed by atoms with Gasteiger partial charge in [-0.05, 0) is 11.5 Å². The third-order valence-corrected chi connectivity index (χ3v) is 1.82. The van der Waals surface area contributed by atoms with Crippen molar-refractivity contribution in [1.29, 1.82) is 0 Å². The monoisotopic (exact) mass is 206 g/mol. The average molecular weight is 206 g/mol. The van der Waals surface area contributed by atoms with Crippen LogP contribution < -0.4 is 5.73 Å². The highest BCUT2D eigenvalue weighted by Crippen LogP contribution is 2.19. The van der Waals surface area contributed by atoms with Gasteiger partial charge in [-0.2, -0.15) is 0 Å². The number of benzene rings is 2. The fourth-order valence-electron chi connectivity index (χ4n) is 1.25. The number of hydrogen-bond donors (Lipinski definition) is 2. The van der Waals surface area contributed by atoms with Crippen LogP contribution in [0.25, 0.3) is 10.8 Å². The van der Waals surface area contributed by atoms with Gasteiger partial charge in [0.05, 0.1) is 0 Å². The zero-order chi connectivity index (χ0) is 11.3. The van der Waals surface area contributed by atoms with Gasteiger partial charge in [0.1, 0.15) is 0 Å². The van der Waals surface area contributed by atoms with Crippen molar-refractivity contribution in [1.82, 2.24) is 0 Å². The van der Waals surface area contributed by atoms with E-state index in [9.17, 15) is 0 Å². The van der Waals surface area contributed by atoms with Crippen LogP contribution in [0, 0.1) is 10.1 Å². The number of nitrogens with zero attached hydrogens (tertiary/aromatic N) is 1. The number of hydrogen-bond acceptors (Lipinski definition) is 3. The minimum absolute atomic E-state index is 0.850. The highest BCUT2D eigenvalue weighted by atomic mass is 16.9. The molecule has 2 aromatic carbocycles. The van der Waals surface area contributed by atoms with E-state index < -0.39 is 5.09 Å². The SMILES string of the molecule is Nc1cccc2ccccc12.O=[N+]([O-])O. The second kappa shape index (κ2) is 4.80. The van der Waals surface area contributed by atoms with E-state index in [0.29, 0.717) is 0 Å². The Hall–Kier alpha value is -2.30. The molecule has 0 fully saturated rings. The molecule has 0 saturated carbocycles. The topological polar surface area (TPSA) is 89.4 Å². The number of nitrogens with two attached hydrogens (primary N) is 1. The molecule has 5 heteroatoms. The summed E-state index contributed by atoms with van der Waals surface area (Å²) < 4.78 is 0. The molecule has 78 valence electrons. The van der Waals surface area contributed by atoms with Gasteiger partial charge in [0.2, 0.25) is 0 Å². The van der Waals surface area contributed by atoms with Crippen molar-refractivity contribution in [3.8, 4) is 0 Å². The first kappa shape index (κ1) is 10.8. The van der Waals surface area contributed by atoms with Crippen molar-refractivity contribution in [3.05, 3.63) is 52.6 Å². The highest BCUT2D eigenvalue weighted by Gasteiger charge is 1.92. The van der Waals surface area contributed by atoms with Gasteiger partial charge in [-0.15, -0.1) is 10.1 Å². The Morgan fingerprint density at radius 1 is 1.13 bits per heavy atom. The Kier molecular flexibility index (Phi) is 3.45. The van der Waals surface area contributed by atoms with Crippen LogP contribution >= 0.6 is 0 Å². The average Bonchev–Trinajstić information content (AvgIpc) is 2.18. The molecule has 0 saturated heterocycles.